The maximum atomic E-state index is 13.0. The number of benzene rings is 3. The SMILES string of the molecule is O=C(COC(=O)c1ccc2c(c1)S(=O)(=O)c1ccccc1C2=O)Nc1cc(Cl)ccc1Cl. The van der Waals surface area contributed by atoms with Crippen LogP contribution in [-0.4, -0.2) is 32.7 Å². The number of rotatable bonds is 4. The quantitative estimate of drug-likeness (QED) is 0.431. The Morgan fingerprint density at radius 3 is 2.41 bits per heavy atom. The summed E-state index contributed by atoms with van der Waals surface area (Å²) in [7, 11) is -4.01. The Morgan fingerprint density at radius 1 is 0.906 bits per heavy atom. The zero-order valence-electron chi connectivity index (χ0n) is 16.1. The summed E-state index contributed by atoms with van der Waals surface area (Å²) in [5, 5.41) is 3.07. The molecule has 0 saturated heterocycles. The van der Waals surface area contributed by atoms with Crippen LogP contribution in [0.3, 0.4) is 0 Å². The molecule has 0 fully saturated rings. The van der Waals surface area contributed by atoms with Gasteiger partial charge in [0.05, 0.1) is 26.1 Å². The smallest absolute Gasteiger partial charge is 0.338 e. The zero-order valence-corrected chi connectivity index (χ0v) is 18.4. The van der Waals surface area contributed by atoms with Gasteiger partial charge in [-0.05, 0) is 48.5 Å². The van der Waals surface area contributed by atoms with E-state index in [1.54, 1.807) is 12.1 Å². The maximum Gasteiger partial charge on any atom is 0.338 e. The first-order valence-corrected chi connectivity index (χ1v) is 11.4. The Bertz CT molecular complexity index is 1400. The van der Waals surface area contributed by atoms with Crippen molar-refractivity contribution >= 4 is 56.4 Å². The van der Waals surface area contributed by atoms with Crippen molar-refractivity contribution in [1.82, 2.24) is 0 Å². The van der Waals surface area contributed by atoms with Gasteiger partial charge in [0.25, 0.3) is 5.91 Å². The Hall–Kier alpha value is -3.20. The molecule has 0 atom stereocenters. The number of fused-ring (bicyclic) bond motifs is 2. The molecule has 0 radical (unpaired) electrons. The molecule has 1 amide bonds. The van der Waals surface area contributed by atoms with Gasteiger partial charge in [0.1, 0.15) is 0 Å². The average molecular weight is 490 g/mol. The standard InChI is InChI=1S/C22H13Cl2NO6S/c23-13-6-8-16(24)17(10-13)25-20(26)11-31-22(28)12-5-7-15-19(9-12)32(29,30)18-4-2-1-3-14(18)21(15)27/h1-10H,11H2,(H,25,26). The van der Waals surface area contributed by atoms with E-state index < -0.39 is 34.1 Å². The van der Waals surface area contributed by atoms with Crippen molar-refractivity contribution in [2.24, 2.45) is 0 Å². The topological polar surface area (TPSA) is 107 Å². The number of anilines is 1. The molecule has 3 aromatic rings. The van der Waals surface area contributed by atoms with E-state index in [9.17, 15) is 22.8 Å². The monoisotopic (exact) mass is 489 g/mol. The van der Waals surface area contributed by atoms with E-state index in [-0.39, 0.29) is 37.2 Å². The number of ketones is 1. The fourth-order valence-electron chi connectivity index (χ4n) is 3.21. The van der Waals surface area contributed by atoms with Gasteiger partial charge in [0.2, 0.25) is 9.84 Å². The van der Waals surface area contributed by atoms with Crippen LogP contribution < -0.4 is 5.32 Å². The van der Waals surface area contributed by atoms with E-state index in [2.05, 4.69) is 5.32 Å². The van der Waals surface area contributed by atoms with Crippen LogP contribution in [0.25, 0.3) is 0 Å². The molecule has 32 heavy (non-hydrogen) atoms. The molecule has 0 bridgehead atoms. The van der Waals surface area contributed by atoms with Crippen LogP contribution in [0.1, 0.15) is 26.3 Å². The molecule has 3 aromatic carbocycles. The molecule has 1 aliphatic rings. The van der Waals surface area contributed by atoms with E-state index in [1.165, 1.54) is 42.5 Å². The third kappa shape index (κ3) is 4.00. The number of amides is 1. The Balaban J connectivity index is 1.52. The number of ether oxygens (including phenoxy) is 1. The summed E-state index contributed by atoms with van der Waals surface area (Å²) in [5.41, 5.74) is 0.172. The summed E-state index contributed by atoms with van der Waals surface area (Å²) in [6, 6.07) is 13.9. The van der Waals surface area contributed by atoms with Gasteiger partial charge < -0.3 is 10.1 Å². The fourth-order valence-corrected chi connectivity index (χ4v) is 5.22. The summed E-state index contributed by atoms with van der Waals surface area (Å²) in [4.78, 5) is 36.8. The molecule has 162 valence electrons. The second-order valence-corrected chi connectivity index (χ2v) is 9.52. The fraction of sp³-hybridized carbons (Fsp3) is 0.0455. The highest BCUT2D eigenvalue weighted by atomic mass is 35.5. The van der Waals surface area contributed by atoms with Crippen molar-refractivity contribution < 1.29 is 27.5 Å². The number of halogens is 2. The number of carbonyl (C=O) groups excluding carboxylic acids is 3. The Labute approximate surface area is 192 Å². The van der Waals surface area contributed by atoms with Crippen LogP contribution in [0, 0.1) is 0 Å². The first-order valence-electron chi connectivity index (χ1n) is 9.13. The van der Waals surface area contributed by atoms with E-state index >= 15 is 0 Å². The lowest BCUT2D eigenvalue weighted by Gasteiger charge is -2.19. The van der Waals surface area contributed by atoms with Crippen molar-refractivity contribution in [3.8, 4) is 0 Å². The molecule has 7 nitrogen and oxygen atoms in total. The third-order valence-electron chi connectivity index (χ3n) is 4.71. The lowest BCUT2D eigenvalue weighted by atomic mass is 10.0. The van der Waals surface area contributed by atoms with Gasteiger partial charge in [-0.15, -0.1) is 0 Å². The minimum atomic E-state index is -4.01. The summed E-state index contributed by atoms with van der Waals surface area (Å²) in [6.45, 7) is -0.646. The van der Waals surface area contributed by atoms with Crippen molar-refractivity contribution in [2.45, 2.75) is 9.79 Å². The molecule has 1 N–H and O–H groups in total. The van der Waals surface area contributed by atoms with Crippen LogP contribution in [0.15, 0.2) is 70.5 Å². The third-order valence-corrected chi connectivity index (χ3v) is 7.13. The van der Waals surface area contributed by atoms with E-state index in [1.807, 2.05) is 0 Å². The number of hydrogen-bond donors (Lipinski definition) is 1. The molecule has 0 aromatic heterocycles. The minimum absolute atomic E-state index is 0.0337. The van der Waals surface area contributed by atoms with Crippen molar-refractivity contribution in [1.29, 1.82) is 0 Å². The Morgan fingerprint density at radius 2 is 1.62 bits per heavy atom. The van der Waals surface area contributed by atoms with Gasteiger partial charge in [0, 0.05) is 16.1 Å². The lowest BCUT2D eigenvalue weighted by Crippen LogP contribution is -2.23. The van der Waals surface area contributed by atoms with E-state index in [0.717, 1.165) is 6.07 Å². The number of carbonyl (C=O) groups is 3. The molecule has 0 unspecified atom stereocenters. The van der Waals surface area contributed by atoms with Crippen molar-refractivity contribution in [3.63, 3.8) is 0 Å². The second kappa shape index (κ2) is 8.38. The van der Waals surface area contributed by atoms with Crippen LogP contribution in [0.2, 0.25) is 10.0 Å². The highest BCUT2D eigenvalue weighted by Crippen LogP contribution is 2.34. The molecule has 10 heteroatoms. The number of sulfone groups is 1. The summed E-state index contributed by atoms with van der Waals surface area (Å²) < 4.78 is 30.9. The van der Waals surface area contributed by atoms with Crippen LogP contribution in [0.5, 0.6) is 0 Å². The molecule has 4 rings (SSSR count). The summed E-state index contributed by atoms with van der Waals surface area (Å²) >= 11 is 11.8. The molecular weight excluding hydrogens is 477 g/mol. The maximum absolute atomic E-state index is 13.0. The van der Waals surface area contributed by atoms with E-state index in [0.29, 0.717) is 5.02 Å². The van der Waals surface area contributed by atoms with Gasteiger partial charge >= 0.3 is 5.97 Å². The molecule has 0 aliphatic carbocycles. The Kier molecular flexibility index (Phi) is 5.77. The van der Waals surface area contributed by atoms with E-state index in [4.69, 9.17) is 27.9 Å². The van der Waals surface area contributed by atoms with Crippen LogP contribution in [-0.2, 0) is 19.4 Å². The number of hydrogen-bond acceptors (Lipinski definition) is 6. The lowest BCUT2D eigenvalue weighted by molar-refractivity contribution is -0.119. The highest BCUT2D eigenvalue weighted by molar-refractivity contribution is 7.91. The number of nitrogens with one attached hydrogen (secondary N) is 1. The van der Waals surface area contributed by atoms with Crippen molar-refractivity contribution in [2.75, 3.05) is 11.9 Å². The molecule has 1 heterocycles. The second-order valence-electron chi connectivity index (χ2n) is 6.79. The van der Waals surface area contributed by atoms with Crippen molar-refractivity contribution in [3.05, 3.63) is 87.4 Å². The summed E-state index contributed by atoms with van der Waals surface area (Å²) in [5.74, 6) is -2.05. The van der Waals surface area contributed by atoms with Gasteiger partial charge in [-0.2, -0.15) is 0 Å². The number of esters is 1. The van der Waals surface area contributed by atoms with Crippen LogP contribution in [0.4, 0.5) is 5.69 Å². The largest absolute Gasteiger partial charge is 0.452 e. The molecule has 0 saturated carbocycles. The summed E-state index contributed by atoms with van der Waals surface area (Å²) in [6.07, 6.45) is 0. The molecule has 1 aliphatic heterocycles. The van der Waals surface area contributed by atoms with Crippen LogP contribution >= 0.6 is 23.2 Å². The predicted octanol–water partition coefficient (Wildman–Crippen LogP) is 4.17. The highest BCUT2D eigenvalue weighted by Gasteiger charge is 2.35. The normalized spacial score (nSPS) is 13.6. The average Bonchev–Trinajstić information content (AvgIpc) is 2.78. The first kappa shape index (κ1) is 22.0. The van der Waals surface area contributed by atoms with Gasteiger partial charge in [-0.25, -0.2) is 13.2 Å². The zero-order chi connectivity index (χ0) is 23.0. The minimum Gasteiger partial charge on any atom is -0.452 e. The molecule has 0 spiro atoms. The predicted molar refractivity (Wildman–Crippen MR) is 117 cm³/mol. The van der Waals surface area contributed by atoms with Gasteiger partial charge in [-0.3, -0.25) is 9.59 Å². The van der Waals surface area contributed by atoms with Gasteiger partial charge in [0.15, 0.2) is 12.4 Å². The molecular formula is C22H13Cl2NO6S. The van der Waals surface area contributed by atoms with Gasteiger partial charge in [-0.1, -0.05) is 35.3 Å². The first-order chi connectivity index (χ1) is 15.2.